The summed E-state index contributed by atoms with van der Waals surface area (Å²) in [4.78, 5) is 18.4. The summed E-state index contributed by atoms with van der Waals surface area (Å²) in [7, 11) is 0. The number of piperidine rings is 1. The molecule has 1 aliphatic heterocycles. The normalized spacial score (nSPS) is 16.4. The highest BCUT2D eigenvalue weighted by molar-refractivity contribution is 5.76. The molecule has 0 spiro atoms. The van der Waals surface area contributed by atoms with E-state index in [-0.39, 0.29) is 5.92 Å². The number of aliphatic carboxylic acids is 1. The van der Waals surface area contributed by atoms with Crippen molar-refractivity contribution in [2.45, 2.75) is 26.3 Å². The number of nitrogens with zero attached hydrogens (tertiary/aromatic N) is 3. The quantitative estimate of drug-likeness (QED) is 0.409. The van der Waals surface area contributed by atoms with Crippen LogP contribution in [0.3, 0.4) is 0 Å². The molecule has 2 heterocycles. The van der Waals surface area contributed by atoms with Crippen LogP contribution >= 0.6 is 0 Å². The molecular formula is C28H28N4O2. The average Bonchev–Trinajstić information content (AvgIpc) is 3.35. The molecule has 1 fully saturated rings. The van der Waals surface area contributed by atoms with Gasteiger partial charge in [0.25, 0.3) is 0 Å². The van der Waals surface area contributed by atoms with Crippen molar-refractivity contribution in [2.24, 2.45) is 5.92 Å². The molecule has 172 valence electrons. The largest absolute Gasteiger partial charge is 0.481 e. The van der Waals surface area contributed by atoms with Gasteiger partial charge < -0.3 is 5.11 Å². The Morgan fingerprint density at radius 3 is 2.62 bits per heavy atom. The number of hydrogen-bond donors (Lipinski definition) is 2. The number of aromatic nitrogens is 3. The molecule has 1 saturated heterocycles. The van der Waals surface area contributed by atoms with Crippen molar-refractivity contribution in [3.63, 3.8) is 0 Å². The molecule has 1 aromatic heterocycles. The van der Waals surface area contributed by atoms with Gasteiger partial charge in [-0.05, 0) is 54.6 Å². The van der Waals surface area contributed by atoms with Gasteiger partial charge in [0.15, 0.2) is 11.6 Å². The molecule has 1 atom stereocenters. The van der Waals surface area contributed by atoms with Gasteiger partial charge in [-0.15, -0.1) is 0 Å². The van der Waals surface area contributed by atoms with E-state index in [1.165, 1.54) is 11.1 Å². The third-order valence-electron chi connectivity index (χ3n) is 6.61. The van der Waals surface area contributed by atoms with Crippen molar-refractivity contribution < 1.29 is 9.90 Å². The van der Waals surface area contributed by atoms with Crippen LogP contribution in [0.25, 0.3) is 33.9 Å². The topological polar surface area (TPSA) is 82.1 Å². The molecule has 0 amide bonds. The molecule has 6 nitrogen and oxygen atoms in total. The maximum absolute atomic E-state index is 11.4. The zero-order chi connectivity index (χ0) is 23.5. The number of carboxylic acids is 1. The Kier molecular flexibility index (Phi) is 6.23. The van der Waals surface area contributed by atoms with Crippen molar-refractivity contribution in [1.82, 2.24) is 20.1 Å². The third kappa shape index (κ3) is 4.63. The van der Waals surface area contributed by atoms with Crippen LogP contribution in [-0.4, -0.2) is 44.2 Å². The molecule has 3 aromatic carbocycles. The first-order valence-electron chi connectivity index (χ1n) is 11.7. The molecule has 2 N–H and O–H groups in total. The van der Waals surface area contributed by atoms with Gasteiger partial charge in [0, 0.05) is 24.2 Å². The fourth-order valence-electron chi connectivity index (χ4n) is 4.80. The summed E-state index contributed by atoms with van der Waals surface area (Å²) in [6.45, 7) is 4.37. The van der Waals surface area contributed by atoms with E-state index in [0.29, 0.717) is 12.4 Å². The lowest BCUT2D eigenvalue weighted by molar-refractivity contribution is -0.143. The van der Waals surface area contributed by atoms with E-state index in [4.69, 9.17) is 4.98 Å². The van der Waals surface area contributed by atoms with Crippen molar-refractivity contribution in [3.05, 3.63) is 83.9 Å². The lowest BCUT2D eigenvalue weighted by atomic mass is 9.96. The minimum Gasteiger partial charge on any atom is -0.481 e. The van der Waals surface area contributed by atoms with Gasteiger partial charge in [0.05, 0.1) is 5.92 Å². The smallest absolute Gasteiger partial charge is 0.307 e. The Bertz CT molecular complexity index is 1300. The molecule has 0 unspecified atom stereocenters. The fourth-order valence-corrected chi connectivity index (χ4v) is 4.80. The van der Waals surface area contributed by atoms with Gasteiger partial charge in [0.1, 0.15) is 0 Å². The van der Waals surface area contributed by atoms with Crippen LogP contribution in [0.15, 0.2) is 72.8 Å². The van der Waals surface area contributed by atoms with Gasteiger partial charge in [-0.2, -0.15) is 5.10 Å². The average molecular weight is 453 g/mol. The summed E-state index contributed by atoms with van der Waals surface area (Å²) in [5, 5.41) is 17.0. The fraction of sp³-hybridized carbons (Fsp3) is 0.250. The number of aromatic amines is 1. The van der Waals surface area contributed by atoms with E-state index in [2.05, 4.69) is 64.5 Å². The minimum atomic E-state index is -0.696. The van der Waals surface area contributed by atoms with Crippen molar-refractivity contribution >= 4 is 5.97 Å². The molecule has 0 saturated carbocycles. The second kappa shape index (κ2) is 9.61. The van der Waals surface area contributed by atoms with Crippen LogP contribution < -0.4 is 0 Å². The predicted octanol–water partition coefficient (Wildman–Crippen LogP) is 5.41. The molecule has 34 heavy (non-hydrogen) atoms. The number of likely N-dealkylation sites (tertiary alicyclic amines) is 1. The Balaban J connectivity index is 1.37. The Morgan fingerprint density at radius 2 is 1.79 bits per heavy atom. The molecular weight excluding hydrogens is 424 g/mol. The zero-order valence-corrected chi connectivity index (χ0v) is 19.2. The minimum absolute atomic E-state index is 0.276. The van der Waals surface area contributed by atoms with Crippen LogP contribution in [-0.2, 0) is 11.3 Å². The first kappa shape index (κ1) is 22.0. The first-order chi connectivity index (χ1) is 16.6. The lowest BCUT2D eigenvalue weighted by Crippen LogP contribution is -2.38. The highest BCUT2D eigenvalue weighted by Gasteiger charge is 2.25. The molecule has 6 heteroatoms. The number of benzene rings is 3. The van der Waals surface area contributed by atoms with E-state index < -0.39 is 5.97 Å². The van der Waals surface area contributed by atoms with E-state index in [9.17, 15) is 9.90 Å². The third-order valence-corrected chi connectivity index (χ3v) is 6.61. The monoisotopic (exact) mass is 452 g/mol. The second-order valence-corrected chi connectivity index (χ2v) is 8.96. The van der Waals surface area contributed by atoms with E-state index in [0.717, 1.165) is 54.0 Å². The standard InChI is InChI=1S/C28H28N4O2/c1-19-24(21-9-3-2-4-10-21)13-6-14-25(19)27-29-26(30-31-27)22-11-5-8-20(16-22)17-32-15-7-12-23(18-32)28(33)34/h2-6,8-11,13-14,16,23H,7,12,15,17-18H2,1H3,(H,33,34)(H,29,30,31)/t23-/m1/s1. The number of nitrogens with one attached hydrogen (secondary N) is 1. The summed E-state index contributed by atoms with van der Waals surface area (Å²) in [6, 6.07) is 24.8. The maximum atomic E-state index is 11.4. The second-order valence-electron chi connectivity index (χ2n) is 8.96. The van der Waals surface area contributed by atoms with Crippen molar-refractivity contribution in [3.8, 4) is 33.9 Å². The van der Waals surface area contributed by atoms with E-state index in [1.54, 1.807) is 0 Å². The molecule has 5 rings (SSSR count). The number of hydrogen-bond acceptors (Lipinski definition) is 4. The maximum Gasteiger partial charge on any atom is 0.307 e. The van der Waals surface area contributed by atoms with Crippen molar-refractivity contribution in [1.29, 1.82) is 0 Å². The summed E-state index contributed by atoms with van der Waals surface area (Å²) >= 11 is 0. The molecule has 1 aliphatic rings. The molecule has 0 radical (unpaired) electrons. The Morgan fingerprint density at radius 1 is 1.03 bits per heavy atom. The first-order valence-corrected chi connectivity index (χ1v) is 11.7. The highest BCUT2D eigenvalue weighted by atomic mass is 16.4. The van der Waals surface area contributed by atoms with Crippen molar-refractivity contribution in [2.75, 3.05) is 13.1 Å². The van der Waals surface area contributed by atoms with E-state index >= 15 is 0 Å². The predicted molar refractivity (Wildman–Crippen MR) is 133 cm³/mol. The van der Waals surface area contributed by atoms with Gasteiger partial charge in [0.2, 0.25) is 0 Å². The zero-order valence-electron chi connectivity index (χ0n) is 19.2. The Labute approximate surface area is 199 Å². The highest BCUT2D eigenvalue weighted by Crippen LogP contribution is 2.31. The molecule has 4 aromatic rings. The van der Waals surface area contributed by atoms with Crippen LogP contribution in [0, 0.1) is 12.8 Å². The summed E-state index contributed by atoms with van der Waals surface area (Å²) in [5.74, 6) is 0.431. The lowest BCUT2D eigenvalue weighted by Gasteiger charge is -2.30. The number of carboxylic acid groups (broad SMARTS) is 1. The van der Waals surface area contributed by atoms with Crippen LogP contribution in [0.4, 0.5) is 0 Å². The van der Waals surface area contributed by atoms with Crippen LogP contribution in [0.1, 0.15) is 24.0 Å². The summed E-state index contributed by atoms with van der Waals surface area (Å²) in [5.41, 5.74) is 6.63. The SMILES string of the molecule is Cc1c(-c2ccccc2)cccc1-c1nc(-c2cccc(CN3CCC[C@@H](C(=O)O)C3)c2)n[nH]1. The number of carbonyl (C=O) groups is 1. The van der Waals surface area contributed by atoms with Gasteiger partial charge >= 0.3 is 5.97 Å². The van der Waals surface area contributed by atoms with E-state index in [1.807, 2.05) is 30.3 Å². The van der Waals surface area contributed by atoms with Crippen LogP contribution in [0.2, 0.25) is 0 Å². The van der Waals surface area contributed by atoms with Crippen LogP contribution in [0.5, 0.6) is 0 Å². The van der Waals surface area contributed by atoms with Gasteiger partial charge in [-0.1, -0.05) is 66.7 Å². The van der Waals surface area contributed by atoms with Gasteiger partial charge in [-0.25, -0.2) is 4.98 Å². The molecule has 0 bridgehead atoms. The molecule has 0 aliphatic carbocycles. The van der Waals surface area contributed by atoms with Gasteiger partial charge in [-0.3, -0.25) is 14.8 Å². The number of rotatable bonds is 6. The summed E-state index contributed by atoms with van der Waals surface area (Å²) < 4.78 is 0. The Hall–Kier alpha value is -3.77. The summed E-state index contributed by atoms with van der Waals surface area (Å²) in [6.07, 6.45) is 1.68. The number of H-pyrrole nitrogens is 1.